The first-order chi connectivity index (χ1) is 26.4. The first kappa shape index (κ1) is 40.3. The third kappa shape index (κ3) is 7.48. The molecule has 3 aliphatic rings. The van der Waals surface area contributed by atoms with Crippen molar-refractivity contribution in [1.82, 2.24) is 29.7 Å². The molecule has 3 amide bonds. The van der Waals surface area contributed by atoms with Crippen LogP contribution in [0.15, 0.2) is 79.9 Å². The second-order valence-corrected chi connectivity index (χ2v) is 16.5. The number of ether oxygens (including phenoxy) is 2. The molecule has 55 heavy (non-hydrogen) atoms. The summed E-state index contributed by atoms with van der Waals surface area (Å²) in [7, 11) is 1.68. The van der Waals surface area contributed by atoms with Gasteiger partial charge >= 0.3 is 5.97 Å². The Morgan fingerprint density at radius 1 is 1.11 bits per heavy atom. The van der Waals surface area contributed by atoms with Crippen LogP contribution in [0, 0.1) is 17.8 Å². The molecule has 14 heteroatoms. The van der Waals surface area contributed by atoms with E-state index in [1.54, 1.807) is 33.7 Å². The van der Waals surface area contributed by atoms with Crippen LogP contribution in [0.1, 0.15) is 58.1 Å². The van der Waals surface area contributed by atoms with E-state index in [0.717, 1.165) is 5.52 Å². The van der Waals surface area contributed by atoms with Gasteiger partial charge in [-0.3, -0.25) is 19.2 Å². The summed E-state index contributed by atoms with van der Waals surface area (Å²) in [5.74, 6) is -3.70. The zero-order valence-electron chi connectivity index (χ0n) is 31.9. The van der Waals surface area contributed by atoms with Crippen molar-refractivity contribution in [2.45, 2.75) is 93.9 Å². The molecule has 3 aliphatic heterocycles. The van der Waals surface area contributed by atoms with Crippen LogP contribution >= 0.6 is 15.9 Å². The third-order valence-corrected chi connectivity index (χ3v) is 12.2. The van der Waals surface area contributed by atoms with Crippen LogP contribution in [0.25, 0.3) is 11.0 Å². The Labute approximate surface area is 330 Å². The van der Waals surface area contributed by atoms with Crippen molar-refractivity contribution in [2.24, 2.45) is 17.8 Å². The molecule has 0 radical (unpaired) electrons. The van der Waals surface area contributed by atoms with Gasteiger partial charge in [0.25, 0.3) is 0 Å². The topological polar surface area (TPSA) is 147 Å². The molecular weight excluding hydrogens is 768 g/mol. The summed E-state index contributed by atoms with van der Waals surface area (Å²) < 4.78 is 14.8. The van der Waals surface area contributed by atoms with Crippen LogP contribution in [-0.4, -0.2) is 113 Å². The number of aliphatic hydroxyl groups excluding tert-OH is 1. The summed E-state index contributed by atoms with van der Waals surface area (Å²) >= 11 is 3.76. The number of allylic oxidation sites excluding steroid dienone is 1. The number of esters is 1. The quantitative estimate of drug-likeness (QED) is 0.117. The minimum absolute atomic E-state index is 0.0148. The van der Waals surface area contributed by atoms with E-state index in [4.69, 9.17) is 9.47 Å². The Balaban J connectivity index is 1.38. The number of carbonyl (C=O) groups is 4. The molecule has 6 rings (SSSR count). The van der Waals surface area contributed by atoms with Gasteiger partial charge in [-0.25, -0.2) is 4.68 Å². The number of rotatable bonds is 17. The maximum absolute atomic E-state index is 15.1. The average molecular weight is 820 g/mol. The molecule has 1 spiro atoms. The van der Waals surface area contributed by atoms with Gasteiger partial charge in [0.05, 0.1) is 42.1 Å². The van der Waals surface area contributed by atoms with Crippen molar-refractivity contribution >= 4 is 50.7 Å². The smallest absolute Gasteiger partial charge is 0.313 e. The molecule has 0 aliphatic carbocycles. The molecule has 1 N–H and O–H groups in total. The lowest BCUT2D eigenvalue weighted by Gasteiger charge is -2.39. The molecule has 3 saturated heterocycles. The molecule has 1 aromatic heterocycles. The standard InChI is InChI=1S/C41H51BrN6O7/c1-7-9-19-32(50)45(6)26(5)35(27-15-11-10-12-16-27)54-40(53)33-34-38(51)48(28(23-49)21-25(3)4)37(41(34)22-29(42)36(33)55-41)39(52)46(20-8-2)24-47-31-18-14-13-17-30(31)43-44-47/h7-8,10-18,25-26,28-29,33-37,49H,1-2,9,19-24H2,3-6H3/t26-,28-,29?,33-,34+,35+,36-,37-,41+/m1/s1. The number of para-hydroxylation sites is 1. The van der Waals surface area contributed by atoms with Crippen LogP contribution in [0.4, 0.5) is 0 Å². The molecule has 3 aromatic rings. The Hall–Kier alpha value is -4.40. The van der Waals surface area contributed by atoms with Crippen molar-refractivity contribution in [1.29, 1.82) is 0 Å². The first-order valence-corrected chi connectivity index (χ1v) is 19.8. The number of carbonyl (C=O) groups excluding carboxylic acids is 4. The fraction of sp³-hybridized carbons (Fsp3) is 0.512. The molecule has 2 bridgehead atoms. The summed E-state index contributed by atoms with van der Waals surface area (Å²) in [6, 6.07) is 14.2. The van der Waals surface area contributed by atoms with Gasteiger partial charge in [-0.15, -0.1) is 18.3 Å². The number of nitrogens with zero attached hydrogens (tertiary/aromatic N) is 6. The fourth-order valence-electron chi connectivity index (χ4n) is 8.68. The van der Waals surface area contributed by atoms with E-state index in [2.05, 4.69) is 39.4 Å². The SMILES string of the molecule is C=CCCC(=O)N(C)[C@H](C)[C@H](OC(=O)[C@H]1[C@@H]2O[C@@]3(CC2Br)[C@@H]1C(=O)N([C@@H](CO)CC(C)C)[C@@H]3C(=O)N(CC=C)Cn1nnc2ccccc21)c1ccccc1. The number of alkyl halides is 1. The highest BCUT2D eigenvalue weighted by Crippen LogP contribution is 2.61. The highest BCUT2D eigenvalue weighted by Gasteiger charge is 2.77. The molecule has 1 unspecified atom stereocenters. The Morgan fingerprint density at radius 3 is 2.49 bits per heavy atom. The molecule has 13 nitrogen and oxygen atoms in total. The molecule has 3 fully saturated rings. The van der Waals surface area contributed by atoms with Crippen LogP contribution in [0.5, 0.6) is 0 Å². The Morgan fingerprint density at radius 2 is 1.82 bits per heavy atom. The van der Waals surface area contributed by atoms with E-state index in [-0.39, 0.29) is 49.3 Å². The van der Waals surface area contributed by atoms with E-state index in [1.165, 1.54) is 4.90 Å². The van der Waals surface area contributed by atoms with Crippen molar-refractivity contribution in [2.75, 3.05) is 20.2 Å². The maximum atomic E-state index is 15.1. The fourth-order valence-corrected chi connectivity index (χ4v) is 9.63. The number of benzene rings is 2. The van der Waals surface area contributed by atoms with Crippen LogP contribution in [-0.2, 0) is 35.3 Å². The normalized spacial score (nSPS) is 25.8. The largest absolute Gasteiger partial charge is 0.455 e. The molecule has 2 aromatic carbocycles. The predicted octanol–water partition coefficient (Wildman–Crippen LogP) is 4.66. The van der Waals surface area contributed by atoms with Gasteiger partial charge < -0.3 is 29.3 Å². The number of fused-ring (bicyclic) bond motifs is 2. The number of halogens is 1. The van der Waals surface area contributed by atoms with Crippen LogP contribution in [0.2, 0.25) is 0 Å². The number of hydrogen-bond donors (Lipinski definition) is 1. The van der Waals surface area contributed by atoms with Gasteiger partial charge in [0.15, 0.2) is 0 Å². The van der Waals surface area contributed by atoms with Crippen LogP contribution in [0.3, 0.4) is 0 Å². The number of likely N-dealkylation sites (tertiary alicyclic amines) is 1. The van der Waals surface area contributed by atoms with Crippen molar-refractivity contribution in [3.05, 3.63) is 85.5 Å². The van der Waals surface area contributed by atoms with Gasteiger partial charge in [0.1, 0.15) is 29.9 Å². The van der Waals surface area contributed by atoms with E-state index >= 15 is 4.79 Å². The number of hydrogen-bond acceptors (Lipinski definition) is 9. The lowest BCUT2D eigenvalue weighted by Crippen LogP contribution is -2.59. The zero-order chi connectivity index (χ0) is 39.6. The minimum Gasteiger partial charge on any atom is -0.455 e. The Kier molecular flexibility index (Phi) is 12.3. The first-order valence-electron chi connectivity index (χ1n) is 18.9. The van der Waals surface area contributed by atoms with Gasteiger partial charge in [-0.05, 0) is 49.8 Å². The highest BCUT2D eigenvalue weighted by atomic mass is 79.9. The van der Waals surface area contributed by atoms with E-state index in [1.807, 2.05) is 75.4 Å². The summed E-state index contributed by atoms with van der Waals surface area (Å²) in [5, 5.41) is 19.4. The molecular formula is C41H51BrN6O7. The van der Waals surface area contributed by atoms with Crippen molar-refractivity contribution < 1.29 is 33.8 Å². The molecule has 9 atom stereocenters. The maximum Gasteiger partial charge on any atom is 0.313 e. The monoisotopic (exact) mass is 818 g/mol. The summed E-state index contributed by atoms with van der Waals surface area (Å²) in [5.41, 5.74) is 0.672. The number of likely N-dealkylation sites (N-methyl/N-ethyl adjacent to an activating group) is 1. The lowest BCUT2D eigenvalue weighted by molar-refractivity contribution is -0.165. The van der Waals surface area contributed by atoms with E-state index < -0.39 is 65.6 Å². The minimum atomic E-state index is -1.41. The second-order valence-electron chi connectivity index (χ2n) is 15.3. The van der Waals surface area contributed by atoms with Gasteiger partial charge in [-0.1, -0.05) is 89.6 Å². The number of aromatic nitrogens is 3. The third-order valence-electron chi connectivity index (χ3n) is 11.3. The molecule has 294 valence electrons. The van der Waals surface area contributed by atoms with E-state index in [0.29, 0.717) is 23.9 Å². The van der Waals surface area contributed by atoms with Crippen molar-refractivity contribution in [3.8, 4) is 0 Å². The molecule has 4 heterocycles. The van der Waals surface area contributed by atoms with E-state index in [9.17, 15) is 19.5 Å². The molecule has 0 saturated carbocycles. The highest BCUT2D eigenvalue weighted by molar-refractivity contribution is 9.09. The predicted molar refractivity (Wildman–Crippen MR) is 209 cm³/mol. The van der Waals surface area contributed by atoms with Crippen LogP contribution < -0.4 is 0 Å². The second kappa shape index (κ2) is 16.8. The van der Waals surface area contributed by atoms with Gasteiger partial charge in [0.2, 0.25) is 17.7 Å². The van der Waals surface area contributed by atoms with Gasteiger partial charge in [0, 0.05) is 24.8 Å². The zero-order valence-corrected chi connectivity index (χ0v) is 33.5. The lowest BCUT2D eigenvalue weighted by atomic mass is 9.70. The number of aliphatic hydroxyl groups is 1. The van der Waals surface area contributed by atoms with Crippen molar-refractivity contribution in [3.63, 3.8) is 0 Å². The number of amides is 3. The van der Waals surface area contributed by atoms with Gasteiger partial charge in [-0.2, -0.15) is 0 Å². The summed E-state index contributed by atoms with van der Waals surface area (Å²) in [6.45, 7) is 13.2. The average Bonchev–Trinajstić information content (AvgIpc) is 3.91. The summed E-state index contributed by atoms with van der Waals surface area (Å²) in [4.78, 5) is 62.1. The Bertz CT molecular complexity index is 1910. The summed E-state index contributed by atoms with van der Waals surface area (Å²) in [6.07, 6.45) is 3.10.